The van der Waals surface area contributed by atoms with E-state index < -0.39 is 18.5 Å². The number of ether oxygens (including phenoxy) is 1. The first-order valence-electron chi connectivity index (χ1n) is 6.59. The third kappa shape index (κ3) is 6.20. The van der Waals surface area contributed by atoms with E-state index in [9.17, 15) is 9.59 Å². The second-order valence-electron chi connectivity index (χ2n) is 4.43. The maximum Gasteiger partial charge on any atom is 0.316 e. The van der Waals surface area contributed by atoms with Gasteiger partial charge in [0.1, 0.15) is 5.82 Å². The molecule has 0 aliphatic heterocycles. The van der Waals surface area contributed by atoms with Crippen molar-refractivity contribution in [3.05, 3.63) is 51.6 Å². The molecule has 0 atom stereocenters. The summed E-state index contributed by atoms with van der Waals surface area (Å²) in [4.78, 5) is 27.9. The Kier molecular flexibility index (Phi) is 7.17. The Morgan fingerprint density at radius 2 is 1.88 bits per heavy atom. The van der Waals surface area contributed by atoms with Crippen LogP contribution < -0.4 is 5.32 Å². The number of halogens is 3. The fraction of sp³-hybridized carbons (Fsp3) is 0.133. The third-order valence-electron chi connectivity index (χ3n) is 2.60. The molecule has 1 heterocycles. The topological polar surface area (TPSA) is 68.3 Å². The largest absolute Gasteiger partial charge is 0.455 e. The zero-order valence-electron chi connectivity index (χ0n) is 12.1. The summed E-state index contributed by atoms with van der Waals surface area (Å²) in [5.41, 5.74) is 0. The van der Waals surface area contributed by atoms with Crippen LogP contribution in [0.4, 0.5) is 5.82 Å². The highest BCUT2D eigenvalue weighted by Crippen LogP contribution is 2.29. The molecule has 0 spiro atoms. The van der Waals surface area contributed by atoms with Crippen molar-refractivity contribution in [1.29, 1.82) is 0 Å². The van der Waals surface area contributed by atoms with Gasteiger partial charge in [-0.1, -0.05) is 34.8 Å². The van der Waals surface area contributed by atoms with Crippen molar-refractivity contribution >= 4 is 64.3 Å². The predicted octanol–water partition coefficient (Wildman–Crippen LogP) is 4.32. The van der Waals surface area contributed by atoms with E-state index in [4.69, 9.17) is 39.5 Å². The Balaban J connectivity index is 1.75. The zero-order chi connectivity index (χ0) is 17.5. The number of hydrogen-bond donors (Lipinski definition) is 1. The van der Waals surface area contributed by atoms with Crippen LogP contribution in [-0.2, 0) is 14.3 Å². The molecule has 2 aromatic rings. The maximum atomic E-state index is 11.7. The summed E-state index contributed by atoms with van der Waals surface area (Å²) < 4.78 is 4.89. The van der Waals surface area contributed by atoms with Crippen LogP contribution in [-0.4, -0.2) is 29.2 Å². The molecule has 1 aromatic carbocycles. The van der Waals surface area contributed by atoms with Crippen LogP contribution in [0, 0.1) is 0 Å². The fourth-order valence-corrected chi connectivity index (χ4v) is 2.94. The van der Waals surface area contributed by atoms with Gasteiger partial charge in [-0.15, -0.1) is 11.8 Å². The zero-order valence-corrected chi connectivity index (χ0v) is 15.2. The van der Waals surface area contributed by atoms with E-state index in [1.54, 1.807) is 30.3 Å². The molecule has 126 valence electrons. The molecule has 0 bridgehead atoms. The molecule has 24 heavy (non-hydrogen) atoms. The second kappa shape index (κ2) is 9.13. The summed E-state index contributed by atoms with van der Waals surface area (Å²) in [7, 11) is 0. The number of amides is 1. The summed E-state index contributed by atoms with van der Waals surface area (Å²) in [6, 6.07) is 8.08. The molecule has 0 aliphatic carbocycles. The number of nitrogens with one attached hydrogen (secondary N) is 1. The van der Waals surface area contributed by atoms with Gasteiger partial charge in [0.05, 0.1) is 15.8 Å². The Bertz CT molecular complexity index is 741. The van der Waals surface area contributed by atoms with Gasteiger partial charge in [0.25, 0.3) is 5.91 Å². The SMILES string of the molecule is O=C(COC(=O)CSc1cc(Cl)ccc1Cl)Nc1ccc(Cl)cn1. The van der Waals surface area contributed by atoms with Crippen molar-refractivity contribution in [2.45, 2.75) is 4.90 Å². The molecular formula is C15H11Cl3N2O3S. The molecule has 0 aliphatic rings. The number of aromatic nitrogens is 1. The van der Waals surface area contributed by atoms with Gasteiger partial charge in [-0.3, -0.25) is 9.59 Å². The van der Waals surface area contributed by atoms with Crippen LogP contribution >= 0.6 is 46.6 Å². The van der Waals surface area contributed by atoms with E-state index in [1.807, 2.05) is 0 Å². The molecule has 1 amide bonds. The van der Waals surface area contributed by atoms with Gasteiger partial charge in [-0.25, -0.2) is 4.98 Å². The number of carbonyl (C=O) groups excluding carboxylic acids is 2. The molecule has 0 saturated carbocycles. The first kappa shape index (κ1) is 18.9. The van der Waals surface area contributed by atoms with Crippen LogP contribution in [0.1, 0.15) is 0 Å². The quantitative estimate of drug-likeness (QED) is 0.573. The first-order valence-corrected chi connectivity index (χ1v) is 8.71. The number of thioether (sulfide) groups is 1. The van der Waals surface area contributed by atoms with E-state index in [1.165, 1.54) is 18.0 Å². The molecule has 1 N–H and O–H groups in total. The van der Waals surface area contributed by atoms with Gasteiger partial charge in [0, 0.05) is 16.1 Å². The molecule has 1 aromatic heterocycles. The number of carbonyl (C=O) groups is 2. The number of pyridine rings is 1. The molecule has 0 saturated heterocycles. The van der Waals surface area contributed by atoms with E-state index in [0.717, 1.165) is 0 Å². The average molecular weight is 406 g/mol. The lowest BCUT2D eigenvalue weighted by molar-refractivity contribution is -0.144. The summed E-state index contributed by atoms with van der Waals surface area (Å²) >= 11 is 18.7. The van der Waals surface area contributed by atoms with Crippen molar-refractivity contribution in [3.63, 3.8) is 0 Å². The minimum atomic E-state index is -0.546. The highest BCUT2D eigenvalue weighted by atomic mass is 35.5. The Morgan fingerprint density at radius 3 is 2.58 bits per heavy atom. The number of anilines is 1. The molecule has 0 unspecified atom stereocenters. The standard InChI is InChI=1S/C15H11Cl3N2O3S/c16-9-1-3-11(18)12(5-9)24-8-15(22)23-7-14(21)20-13-4-2-10(17)6-19-13/h1-6H,7-8H2,(H,19,20,21). The average Bonchev–Trinajstić information content (AvgIpc) is 2.56. The lowest BCUT2D eigenvalue weighted by atomic mass is 10.4. The number of benzene rings is 1. The fourth-order valence-electron chi connectivity index (χ4n) is 1.54. The highest BCUT2D eigenvalue weighted by Gasteiger charge is 2.11. The summed E-state index contributed by atoms with van der Waals surface area (Å²) in [5.74, 6) is -0.716. The van der Waals surface area contributed by atoms with Gasteiger partial charge in [-0.05, 0) is 30.3 Å². The first-order chi connectivity index (χ1) is 11.4. The Hall–Kier alpha value is -1.47. The van der Waals surface area contributed by atoms with Gasteiger partial charge < -0.3 is 10.1 Å². The Labute approximate surface area is 157 Å². The van der Waals surface area contributed by atoms with Gasteiger partial charge in [-0.2, -0.15) is 0 Å². The smallest absolute Gasteiger partial charge is 0.316 e. The Morgan fingerprint density at radius 1 is 1.12 bits per heavy atom. The number of esters is 1. The number of hydrogen-bond acceptors (Lipinski definition) is 5. The lowest BCUT2D eigenvalue weighted by Gasteiger charge is -2.07. The molecular weight excluding hydrogens is 395 g/mol. The van der Waals surface area contributed by atoms with Gasteiger partial charge >= 0.3 is 5.97 Å². The van der Waals surface area contributed by atoms with E-state index in [2.05, 4.69) is 10.3 Å². The molecule has 9 heteroatoms. The molecule has 0 fully saturated rings. The van der Waals surface area contributed by atoms with Crippen molar-refractivity contribution < 1.29 is 14.3 Å². The highest BCUT2D eigenvalue weighted by molar-refractivity contribution is 8.00. The van der Waals surface area contributed by atoms with Gasteiger partial charge in [0.2, 0.25) is 0 Å². The molecule has 5 nitrogen and oxygen atoms in total. The summed E-state index contributed by atoms with van der Waals surface area (Å²) in [5, 5.41) is 3.95. The molecule has 0 radical (unpaired) electrons. The van der Waals surface area contributed by atoms with Crippen molar-refractivity contribution in [2.75, 3.05) is 17.7 Å². The number of nitrogens with zero attached hydrogens (tertiary/aromatic N) is 1. The third-order valence-corrected chi connectivity index (χ3v) is 4.53. The van der Waals surface area contributed by atoms with Crippen LogP contribution in [0.25, 0.3) is 0 Å². The summed E-state index contributed by atoms with van der Waals surface area (Å²) in [6.07, 6.45) is 1.40. The van der Waals surface area contributed by atoms with Crippen LogP contribution in [0.5, 0.6) is 0 Å². The minimum Gasteiger partial charge on any atom is -0.455 e. The number of rotatable bonds is 6. The normalized spacial score (nSPS) is 10.3. The lowest BCUT2D eigenvalue weighted by Crippen LogP contribution is -2.22. The van der Waals surface area contributed by atoms with E-state index >= 15 is 0 Å². The molecule has 2 rings (SSSR count). The second-order valence-corrected chi connectivity index (χ2v) is 6.73. The minimum absolute atomic E-state index is 0.00649. The van der Waals surface area contributed by atoms with Crippen LogP contribution in [0.15, 0.2) is 41.4 Å². The van der Waals surface area contributed by atoms with E-state index in [0.29, 0.717) is 25.8 Å². The van der Waals surface area contributed by atoms with E-state index in [-0.39, 0.29) is 5.75 Å². The van der Waals surface area contributed by atoms with Crippen molar-refractivity contribution in [2.24, 2.45) is 0 Å². The monoisotopic (exact) mass is 404 g/mol. The van der Waals surface area contributed by atoms with Crippen molar-refractivity contribution in [3.8, 4) is 0 Å². The predicted molar refractivity (Wildman–Crippen MR) is 96.0 cm³/mol. The van der Waals surface area contributed by atoms with Crippen LogP contribution in [0.3, 0.4) is 0 Å². The van der Waals surface area contributed by atoms with Crippen molar-refractivity contribution in [1.82, 2.24) is 4.98 Å². The maximum absolute atomic E-state index is 11.7. The van der Waals surface area contributed by atoms with Crippen LogP contribution in [0.2, 0.25) is 15.1 Å². The summed E-state index contributed by atoms with van der Waals surface area (Å²) in [6.45, 7) is -0.410. The van der Waals surface area contributed by atoms with Gasteiger partial charge in [0.15, 0.2) is 6.61 Å².